The largest absolute Gasteiger partial charge is 0.387 e. The van der Waals surface area contributed by atoms with E-state index in [0.717, 1.165) is 0 Å². The summed E-state index contributed by atoms with van der Waals surface area (Å²) < 4.78 is 42.3. The Kier molecular flexibility index (Phi) is 5.95. The number of aliphatic hydroxyl groups is 1. The van der Waals surface area contributed by atoms with Gasteiger partial charge in [0.2, 0.25) is 0 Å². The van der Waals surface area contributed by atoms with Crippen LogP contribution in [0, 0.1) is 0 Å². The third kappa shape index (κ3) is 5.03. The van der Waals surface area contributed by atoms with Crippen LogP contribution in [0.5, 0.6) is 0 Å². The van der Waals surface area contributed by atoms with Crippen LogP contribution in [0.25, 0.3) is 17.0 Å². The van der Waals surface area contributed by atoms with Gasteiger partial charge in [-0.2, -0.15) is 5.10 Å². The summed E-state index contributed by atoms with van der Waals surface area (Å²) >= 11 is 5.95. The highest BCUT2D eigenvalue weighted by Crippen LogP contribution is 2.39. The molecule has 1 amide bonds. The summed E-state index contributed by atoms with van der Waals surface area (Å²) in [5.41, 5.74) is 0.0633. The molecule has 0 aromatic carbocycles. The lowest BCUT2D eigenvalue weighted by Crippen LogP contribution is -2.45. The minimum absolute atomic E-state index is 0.0572. The van der Waals surface area contributed by atoms with Gasteiger partial charge in [-0.3, -0.25) is 9.78 Å². The average Bonchev–Trinajstić information content (AvgIpc) is 3.12. The molecule has 1 aliphatic carbocycles. The Labute approximate surface area is 192 Å². The highest BCUT2D eigenvalue weighted by molar-refractivity contribution is 6.30. The van der Waals surface area contributed by atoms with E-state index < -0.39 is 36.2 Å². The Morgan fingerprint density at radius 1 is 1.30 bits per heavy atom. The first-order valence-corrected chi connectivity index (χ1v) is 10.6. The predicted octanol–water partition coefficient (Wildman–Crippen LogP) is 3.49. The summed E-state index contributed by atoms with van der Waals surface area (Å²) in [4.78, 5) is 21.3. The molecule has 0 radical (unpaired) electrons. The topological polar surface area (TPSA) is 104 Å². The van der Waals surface area contributed by atoms with E-state index >= 15 is 0 Å². The fourth-order valence-corrected chi connectivity index (χ4v) is 3.58. The number of aromatic nitrogens is 4. The van der Waals surface area contributed by atoms with Crippen molar-refractivity contribution < 1.29 is 23.1 Å². The number of nitrogens with one attached hydrogen (secondary N) is 2. The van der Waals surface area contributed by atoms with Gasteiger partial charge in [-0.25, -0.2) is 22.7 Å². The summed E-state index contributed by atoms with van der Waals surface area (Å²) in [6, 6.07) is 2.62. The van der Waals surface area contributed by atoms with Gasteiger partial charge >= 0.3 is 0 Å². The molecule has 0 saturated heterocycles. The van der Waals surface area contributed by atoms with Crippen molar-refractivity contribution in [3.05, 3.63) is 41.3 Å². The van der Waals surface area contributed by atoms with Crippen LogP contribution in [0.15, 0.2) is 30.7 Å². The van der Waals surface area contributed by atoms with Crippen molar-refractivity contribution in [2.75, 3.05) is 11.9 Å². The molecule has 0 bridgehead atoms. The molecule has 176 valence electrons. The first-order valence-electron chi connectivity index (χ1n) is 10.2. The van der Waals surface area contributed by atoms with Gasteiger partial charge in [0, 0.05) is 31.1 Å². The minimum atomic E-state index is -2.76. The lowest BCUT2D eigenvalue weighted by molar-refractivity contribution is -0.0793. The third-order valence-electron chi connectivity index (χ3n) is 5.40. The molecule has 1 fully saturated rings. The number of amides is 1. The number of halogens is 4. The molecule has 3 N–H and O–H groups in total. The van der Waals surface area contributed by atoms with E-state index in [4.69, 9.17) is 11.6 Å². The van der Waals surface area contributed by atoms with Crippen molar-refractivity contribution >= 4 is 28.8 Å². The van der Waals surface area contributed by atoms with E-state index in [2.05, 4.69) is 25.7 Å². The first kappa shape index (κ1) is 23.2. The number of carbonyl (C=O) groups excluding carboxylic acids is 1. The molecule has 1 unspecified atom stereocenters. The maximum atomic E-state index is 14.1. The van der Waals surface area contributed by atoms with E-state index in [1.54, 1.807) is 6.07 Å². The summed E-state index contributed by atoms with van der Waals surface area (Å²) in [6.45, 7) is 2.16. The van der Waals surface area contributed by atoms with Gasteiger partial charge in [0.25, 0.3) is 11.8 Å². The quantitative estimate of drug-likeness (QED) is 0.476. The number of carbonyl (C=O) groups is 1. The van der Waals surface area contributed by atoms with Crippen LogP contribution in [0.1, 0.15) is 37.0 Å². The van der Waals surface area contributed by atoms with Gasteiger partial charge in [0.15, 0.2) is 5.65 Å². The fraction of sp³-hybridized carbons (Fsp3) is 0.429. The van der Waals surface area contributed by atoms with Gasteiger partial charge in [-0.05, 0) is 19.9 Å². The maximum Gasteiger partial charge on any atom is 0.255 e. The Morgan fingerprint density at radius 3 is 2.70 bits per heavy atom. The molecule has 3 aromatic rings. The second kappa shape index (κ2) is 8.45. The highest BCUT2D eigenvalue weighted by atomic mass is 35.5. The van der Waals surface area contributed by atoms with Crippen LogP contribution in [-0.2, 0) is 0 Å². The third-order valence-corrected chi connectivity index (χ3v) is 5.60. The fourth-order valence-electron chi connectivity index (χ4n) is 3.43. The SMILES string of the molecule is CC(C)(O)C(F)CNC(=O)c1cnc(-c2cnc3cc(Cl)cnn23)cc1NC1CC(F)(F)C1. The van der Waals surface area contributed by atoms with E-state index in [9.17, 15) is 23.1 Å². The van der Waals surface area contributed by atoms with Crippen LogP contribution in [0.3, 0.4) is 0 Å². The second-order valence-electron chi connectivity index (χ2n) is 8.64. The number of hydrogen-bond acceptors (Lipinski definition) is 6. The number of anilines is 1. The monoisotopic (exact) mass is 482 g/mol. The van der Waals surface area contributed by atoms with Crippen LogP contribution in [-0.4, -0.2) is 60.9 Å². The van der Waals surface area contributed by atoms with Crippen molar-refractivity contribution in [1.82, 2.24) is 24.9 Å². The van der Waals surface area contributed by atoms with Crippen molar-refractivity contribution in [2.45, 2.75) is 50.4 Å². The number of nitrogens with zero attached hydrogens (tertiary/aromatic N) is 4. The summed E-state index contributed by atoms with van der Waals surface area (Å²) in [6.07, 6.45) is 1.80. The highest BCUT2D eigenvalue weighted by Gasteiger charge is 2.45. The zero-order chi connectivity index (χ0) is 24.0. The van der Waals surface area contributed by atoms with Crippen LogP contribution in [0.2, 0.25) is 5.02 Å². The van der Waals surface area contributed by atoms with Gasteiger partial charge < -0.3 is 15.7 Å². The molecule has 0 aliphatic heterocycles. The molecule has 1 saturated carbocycles. The van der Waals surface area contributed by atoms with Crippen molar-refractivity contribution in [2.24, 2.45) is 0 Å². The van der Waals surface area contributed by atoms with E-state index in [0.29, 0.717) is 22.1 Å². The molecule has 3 aromatic heterocycles. The molecule has 4 rings (SSSR count). The Balaban J connectivity index is 1.64. The zero-order valence-corrected chi connectivity index (χ0v) is 18.6. The maximum absolute atomic E-state index is 14.1. The number of pyridine rings is 1. The number of alkyl halides is 3. The molecule has 3 heterocycles. The zero-order valence-electron chi connectivity index (χ0n) is 17.8. The van der Waals surface area contributed by atoms with Gasteiger partial charge in [-0.1, -0.05) is 11.6 Å². The first-order chi connectivity index (χ1) is 15.4. The minimum Gasteiger partial charge on any atom is -0.387 e. The van der Waals surface area contributed by atoms with Crippen LogP contribution in [0.4, 0.5) is 18.9 Å². The normalized spacial score (nSPS) is 16.9. The Bertz CT molecular complexity index is 1190. The molecule has 0 spiro atoms. The number of hydrogen-bond donors (Lipinski definition) is 3. The van der Waals surface area contributed by atoms with Crippen molar-refractivity contribution in [3.63, 3.8) is 0 Å². The number of imidazole rings is 1. The molecule has 1 atom stereocenters. The molecule has 8 nitrogen and oxygen atoms in total. The van der Waals surface area contributed by atoms with Crippen molar-refractivity contribution in [1.29, 1.82) is 0 Å². The standard InChI is InChI=1S/C21H22ClF3N6O2/c1-20(2,33)17(23)10-28-19(32)13-8-26-15(4-14(13)30-12-5-21(24,25)6-12)16-9-27-18-3-11(22)7-29-31(16)18/h3-4,7-9,12,17,33H,5-6,10H2,1-2H3,(H,26,30)(H,28,32). The number of rotatable bonds is 7. The lowest BCUT2D eigenvalue weighted by atomic mass is 9.88. The summed E-state index contributed by atoms with van der Waals surface area (Å²) in [5.74, 6) is -3.41. The predicted molar refractivity (Wildman–Crippen MR) is 116 cm³/mol. The van der Waals surface area contributed by atoms with E-state index in [-0.39, 0.29) is 24.1 Å². The second-order valence-corrected chi connectivity index (χ2v) is 9.08. The smallest absolute Gasteiger partial charge is 0.255 e. The molecule has 1 aliphatic rings. The van der Waals surface area contributed by atoms with E-state index in [1.165, 1.54) is 43.0 Å². The summed E-state index contributed by atoms with van der Waals surface area (Å²) in [7, 11) is 0. The van der Waals surface area contributed by atoms with Crippen molar-refractivity contribution in [3.8, 4) is 11.4 Å². The number of fused-ring (bicyclic) bond motifs is 1. The molecule has 33 heavy (non-hydrogen) atoms. The molecule has 12 heteroatoms. The van der Waals surface area contributed by atoms with E-state index in [1.807, 2.05) is 0 Å². The van der Waals surface area contributed by atoms with Crippen LogP contribution >= 0.6 is 11.6 Å². The average molecular weight is 483 g/mol. The molecular weight excluding hydrogens is 461 g/mol. The Morgan fingerprint density at radius 2 is 2.03 bits per heavy atom. The van der Waals surface area contributed by atoms with Gasteiger partial charge in [-0.15, -0.1) is 0 Å². The van der Waals surface area contributed by atoms with Crippen LogP contribution < -0.4 is 10.6 Å². The van der Waals surface area contributed by atoms with Gasteiger partial charge in [0.05, 0.1) is 46.5 Å². The van der Waals surface area contributed by atoms with Gasteiger partial charge in [0.1, 0.15) is 11.9 Å². The summed E-state index contributed by atoms with van der Waals surface area (Å²) in [5, 5.41) is 19.7. The Hall–Kier alpha value is -2.92. The lowest BCUT2D eigenvalue weighted by Gasteiger charge is -2.36. The molecular formula is C21H22ClF3N6O2.